The molecule has 2 aromatic carbocycles. The molecule has 0 bridgehead atoms. The first-order valence-electron chi connectivity index (χ1n) is 5.98. The Balaban J connectivity index is 2.29. The molecule has 0 aliphatic rings. The molecule has 0 unspecified atom stereocenters. The normalized spacial score (nSPS) is 11.5. The minimum Gasteiger partial charge on any atom is -0.325 e. The molecule has 0 spiro atoms. The van der Waals surface area contributed by atoms with E-state index in [1.54, 1.807) is 0 Å². The molecule has 88 valence electrons. The molecule has 1 nitrogen and oxygen atoms in total. The Bertz CT molecular complexity index is 480. The van der Waals surface area contributed by atoms with Crippen LogP contribution in [-0.2, 0) is 6.42 Å². The second-order valence-electron chi connectivity index (χ2n) is 5.23. The Morgan fingerprint density at radius 3 is 2.18 bits per heavy atom. The average Bonchev–Trinajstić information content (AvgIpc) is 2.28. The van der Waals surface area contributed by atoms with Crippen molar-refractivity contribution in [2.24, 2.45) is 5.73 Å². The van der Waals surface area contributed by atoms with Crippen LogP contribution in [0.1, 0.15) is 19.4 Å². The Hall–Kier alpha value is -1.60. The van der Waals surface area contributed by atoms with Gasteiger partial charge in [-0.15, -0.1) is 0 Å². The highest BCUT2D eigenvalue weighted by molar-refractivity contribution is 5.63. The SMILES string of the molecule is CC(C)(N)Cc1cccc(-c2ccccc2)c1. The first kappa shape index (κ1) is 11.9. The van der Waals surface area contributed by atoms with Gasteiger partial charge in [-0.2, -0.15) is 0 Å². The molecule has 0 saturated heterocycles. The predicted molar refractivity (Wildman–Crippen MR) is 73.8 cm³/mol. The number of rotatable bonds is 3. The van der Waals surface area contributed by atoms with E-state index in [4.69, 9.17) is 5.73 Å². The lowest BCUT2D eigenvalue weighted by Gasteiger charge is -2.18. The molecule has 1 heteroatoms. The summed E-state index contributed by atoms with van der Waals surface area (Å²) in [6.07, 6.45) is 0.897. The topological polar surface area (TPSA) is 26.0 Å². The molecule has 2 N–H and O–H groups in total. The lowest BCUT2D eigenvalue weighted by atomic mass is 9.94. The van der Waals surface area contributed by atoms with Crippen LogP contribution in [0.15, 0.2) is 54.6 Å². The van der Waals surface area contributed by atoms with Gasteiger partial charge in [0, 0.05) is 5.54 Å². The summed E-state index contributed by atoms with van der Waals surface area (Å²) < 4.78 is 0. The Kier molecular flexibility index (Phi) is 3.30. The molecule has 0 saturated carbocycles. The van der Waals surface area contributed by atoms with Crippen molar-refractivity contribution in [2.75, 3.05) is 0 Å². The summed E-state index contributed by atoms with van der Waals surface area (Å²) in [5.41, 5.74) is 9.70. The molecular formula is C16H19N. The minimum atomic E-state index is -0.157. The van der Waals surface area contributed by atoms with Crippen molar-refractivity contribution in [3.63, 3.8) is 0 Å². The summed E-state index contributed by atoms with van der Waals surface area (Å²) in [7, 11) is 0. The van der Waals surface area contributed by atoms with Crippen molar-refractivity contribution in [1.82, 2.24) is 0 Å². The van der Waals surface area contributed by atoms with E-state index in [9.17, 15) is 0 Å². The van der Waals surface area contributed by atoms with E-state index in [1.807, 2.05) is 6.07 Å². The van der Waals surface area contributed by atoms with E-state index in [-0.39, 0.29) is 5.54 Å². The summed E-state index contributed by atoms with van der Waals surface area (Å²) in [4.78, 5) is 0. The second-order valence-corrected chi connectivity index (χ2v) is 5.23. The van der Waals surface area contributed by atoms with Gasteiger partial charge in [-0.1, -0.05) is 54.6 Å². The first-order valence-corrected chi connectivity index (χ1v) is 5.98. The van der Waals surface area contributed by atoms with E-state index in [0.29, 0.717) is 0 Å². The van der Waals surface area contributed by atoms with Crippen LogP contribution >= 0.6 is 0 Å². The predicted octanol–water partition coefficient (Wildman–Crippen LogP) is 3.63. The highest BCUT2D eigenvalue weighted by atomic mass is 14.7. The zero-order chi connectivity index (χ0) is 12.3. The maximum atomic E-state index is 6.06. The maximum Gasteiger partial charge on any atom is 0.0138 e. The van der Waals surface area contributed by atoms with Gasteiger partial charge in [-0.3, -0.25) is 0 Å². The third-order valence-electron chi connectivity index (χ3n) is 2.69. The zero-order valence-electron chi connectivity index (χ0n) is 10.5. The van der Waals surface area contributed by atoms with Crippen LogP contribution in [0.3, 0.4) is 0 Å². The van der Waals surface area contributed by atoms with Gasteiger partial charge in [-0.25, -0.2) is 0 Å². The van der Waals surface area contributed by atoms with Gasteiger partial charge >= 0.3 is 0 Å². The lowest BCUT2D eigenvalue weighted by Crippen LogP contribution is -2.34. The van der Waals surface area contributed by atoms with Gasteiger partial charge in [0.2, 0.25) is 0 Å². The monoisotopic (exact) mass is 225 g/mol. The zero-order valence-corrected chi connectivity index (χ0v) is 10.5. The molecule has 0 aliphatic heterocycles. The molecule has 0 aromatic heterocycles. The summed E-state index contributed by atoms with van der Waals surface area (Å²) in [5, 5.41) is 0. The summed E-state index contributed by atoms with van der Waals surface area (Å²) >= 11 is 0. The Labute approximate surface area is 103 Å². The van der Waals surface area contributed by atoms with Crippen molar-refractivity contribution in [2.45, 2.75) is 25.8 Å². The van der Waals surface area contributed by atoms with E-state index >= 15 is 0 Å². The van der Waals surface area contributed by atoms with Gasteiger partial charge in [0.15, 0.2) is 0 Å². The van der Waals surface area contributed by atoms with Crippen molar-refractivity contribution in [3.8, 4) is 11.1 Å². The van der Waals surface area contributed by atoms with Crippen molar-refractivity contribution < 1.29 is 0 Å². The molecule has 0 aliphatic carbocycles. The van der Waals surface area contributed by atoms with E-state index in [2.05, 4.69) is 62.4 Å². The fourth-order valence-electron chi connectivity index (χ4n) is 2.02. The quantitative estimate of drug-likeness (QED) is 0.848. The van der Waals surface area contributed by atoms with E-state index in [1.165, 1.54) is 16.7 Å². The summed E-state index contributed by atoms with van der Waals surface area (Å²) in [5.74, 6) is 0. The second kappa shape index (κ2) is 4.72. The third-order valence-corrected chi connectivity index (χ3v) is 2.69. The molecule has 17 heavy (non-hydrogen) atoms. The van der Waals surface area contributed by atoms with Gasteiger partial charge in [0.1, 0.15) is 0 Å². The van der Waals surface area contributed by atoms with Crippen LogP contribution in [0.5, 0.6) is 0 Å². The average molecular weight is 225 g/mol. The van der Waals surface area contributed by atoms with E-state index in [0.717, 1.165) is 6.42 Å². The first-order chi connectivity index (χ1) is 8.04. The molecule has 0 fully saturated rings. The number of nitrogens with two attached hydrogens (primary N) is 1. The van der Waals surface area contributed by atoms with Crippen molar-refractivity contribution in [1.29, 1.82) is 0 Å². The van der Waals surface area contributed by atoms with Gasteiger partial charge in [0.25, 0.3) is 0 Å². The number of hydrogen-bond donors (Lipinski definition) is 1. The molecule has 2 aromatic rings. The molecule has 0 radical (unpaired) electrons. The van der Waals surface area contributed by atoms with E-state index < -0.39 is 0 Å². The smallest absolute Gasteiger partial charge is 0.0138 e. The third kappa shape index (κ3) is 3.43. The molecule has 2 rings (SSSR count). The summed E-state index contributed by atoms with van der Waals surface area (Å²) in [6.45, 7) is 4.12. The van der Waals surface area contributed by atoms with Gasteiger partial charge in [-0.05, 0) is 37.0 Å². The maximum absolute atomic E-state index is 6.06. The Morgan fingerprint density at radius 1 is 0.882 bits per heavy atom. The number of hydrogen-bond acceptors (Lipinski definition) is 1. The molecular weight excluding hydrogens is 206 g/mol. The molecule has 0 atom stereocenters. The lowest BCUT2D eigenvalue weighted by molar-refractivity contribution is 0.517. The number of benzene rings is 2. The Morgan fingerprint density at radius 2 is 1.53 bits per heavy atom. The van der Waals surface area contributed by atoms with Crippen LogP contribution in [0.25, 0.3) is 11.1 Å². The van der Waals surface area contributed by atoms with Crippen LogP contribution in [-0.4, -0.2) is 5.54 Å². The standard InChI is InChI=1S/C16H19N/c1-16(2,17)12-13-7-6-10-15(11-13)14-8-4-3-5-9-14/h3-11H,12,17H2,1-2H3. The fraction of sp³-hybridized carbons (Fsp3) is 0.250. The summed E-state index contributed by atoms with van der Waals surface area (Å²) in [6, 6.07) is 19.0. The highest BCUT2D eigenvalue weighted by Crippen LogP contribution is 2.21. The largest absolute Gasteiger partial charge is 0.325 e. The minimum absolute atomic E-state index is 0.157. The van der Waals surface area contributed by atoms with Crippen LogP contribution in [0.4, 0.5) is 0 Å². The van der Waals surface area contributed by atoms with Crippen LogP contribution in [0.2, 0.25) is 0 Å². The molecule has 0 heterocycles. The molecule has 0 amide bonds. The highest BCUT2D eigenvalue weighted by Gasteiger charge is 2.11. The van der Waals surface area contributed by atoms with Crippen molar-refractivity contribution >= 4 is 0 Å². The van der Waals surface area contributed by atoms with Crippen molar-refractivity contribution in [3.05, 3.63) is 60.2 Å². The van der Waals surface area contributed by atoms with Crippen LogP contribution < -0.4 is 5.73 Å². The van der Waals surface area contributed by atoms with Gasteiger partial charge < -0.3 is 5.73 Å². The fourth-order valence-corrected chi connectivity index (χ4v) is 2.02. The van der Waals surface area contributed by atoms with Gasteiger partial charge in [0.05, 0.1) is 0 Å². The van der Waals surface area contributed by atoms with Crippen LogP contribution in [0, 0.1) is 0 Å².